The molecule has 5 atom stereocenters. The van der Waals surface area contributed by atoms with Crippen molar-refractivity contribution in [1.82, 2.24) is 0 Å². The Morgan fingerprint density at radius 3 is 2.09 bits per heavy atom. The molecule has 0 saturated carbocycles. The number of benzene rings is 1. The summed E-state index contributed by atoms with van der Waals surface area (Å²) >= 11 is 0. The average Bonchev–Trinajstić information content (AvgIpc) is 2.43. The molecule has 124 valence electrons. The lowest BCUT2D eigenvalue weighted by molar-refractivity contribution is -0.0171. The van der Waals surface area contributed by atoms with E-state index < -0.39 is 27.4 Å². The van der Waals surface area contributed by atoms with Crippen molar-refractivity contribution in [2.45, 2.75) is 64.2 Å². The molecule has 0 spiro atoms. The highest BCUT2D eigenvalue weighted by Gasteiger charge is 2.60. The standard InChI is InChI=1S/C18H32O2Si2/c1-13(2)18-14(3)17(20)16(19)12-22(18,21(4,5)6)15-10-8-7-9-11-15/h7-11,13-14,16-20H,12H2,1-6H3/t14-,16+,17-,18+,22+/m1/s1. The lowest BCUT2D eigenvalue weighted by Gasteiger charge is -2.57. The Bertz CT molecular complexity index is 498. The van der Waals surface area contributed by atoms with Crippen molar-refractivity contribution in [3.63, 3.8) is 0 Å². The minimum absolute atomic E-state index is 0.169. The first kappa shape index (κ1) is 17.9. The van der Waals surface area contributed by atoms with E-state index in [1.807, 2.05) is 0 Å². The molecule has 0 radical (unpaired) electrons. The molecule has 1 aromatic carbocycles. The summed E-state index contributed by atoms with van der Waals surface area (Å²) < 4.78 is 0. The van der Waals surface area contributed by atoms with Crippen LogP contribution in [0, 0.1) is 11.8 Å². The highest BCUT2D eigenvalue weighted by Crippen LogP contribution is 2.49. The molecule has 1 saturated heterocycles. The quantitative estimate of drug-likeness (QED) is 0.833. The van der Waals surface area contributed by atoms with Gasteiger partial charge in [0.25, 0.3) is 0 Å². The maximum atomic E-state index is 10.6. The predicted molar refractivity (Wildman–Crippen MR) is 99.7 cm³/mol. The van der Waals surface area contributed by atoms with E-state index >= 15 is 0 Å². The van der Waals surface area contributed by atoms with E-state index in [1.165, 1.54) is 5.19 Å². The summed E-state index contributed by atoms with van der Waals surface area (Å²) in [6.45, 7) is 14.2. The molecule has 0 bridgehead atoms. The first-order valence-electron chi connectivity index (χ1n) is 8.54. The van der Waals surface area contributed by atoms with Gasteiger partial charge in [-0.1, -0.05) is 75.9 Å². The summed E-state index contributed by atoms with van der Waals surface area (Å²) in [5.74, 6) is 0.707. The lowest BCUT2D eigenvalue weighted by atomic mass is 9.90. The van der Waals surface area contributed by atoms with Gasteiger partial charge in [-0.05, 0) is 23.4 Å². The lowest BCUT2D eigenvalue weighted by Crippen LogP contribution is -2.74. The van der Waals surface area contributed by atoms with Crippen molar-refractivity contribution in [1.29, 1.82) is 0 Å². The van der Waals surface area contributed by atoms with Gasteiger partial charge in [-0.25, -0.2) is 0 Å². The zero-order chi connectivity index (χ0) is 16.7. The molecule has 2 N–H and O–H groups in total. The van der Waals surface area contributed by atoms with Crippen LogP contribution in [-0.2, 0) is 0 Å². The molecule has 1 aliphatic rings. The van der Waals surface area contributed by atoms with Crippen LogP contribution in [0.25, 0.3) is 0 Å². The van der Waals surface area contributed by atoms with Gasteiger partial charge in [-0.15, -0.1) is 0 Å². The second-order valence-electron chi connectivity index (χ2n) is 8.48. The molecule has 0 amide bonds. The number of hydrogen-bond acceptors (Lipinski definition) is 2. The molecule has 1 heterocycles. The second kappa shape index (κ2) is 6.23. The van der Waals surface area contributed by atoms with Gasteiger partial charge < -0.3 is 10.2 Å². The topological polar surface area (TPSA) is 40.5 Å². The SMILES string of the molecule is CC(C)[C@H]1[C@H](C)[C@@H](O)[C@@H](O)C[Si@@]1(c1ccccc1)[Si](C)(C)C. The molecule has 2 rings (SSSR count). The molecule has 22 heavy (non-hydrogen) atoms. The van der Waals surface area contributed by atoms with Crippen molar-refractivity contribution < 1.29 is 10.2 Å². The predicted octanol–water partition coefficient (Wildman–Crippen LogP) is 3.16. The molecule has 0 unspecified atom stereocenters. The Hall–Kier alpha value is -0.426. The van der Waals surface area contributed by atoms with Crippen LogP contribution in [0.2, 0.25) is 31.2 Å². The summed E-state index contributed by atoms with van der Waals surface area (Å²) in [7, 11) is -3.41. The Morgan fingerprint density at radius 1 is 1.09 bits per heavy atom. The number of aliphatic hydroxyl groups excluding tert-OH is 2. The molecule has 1 aliphatic heterocycles. The van der Waals surface area contributed by atoms with Crippen LogP contribution in [0.15, 0.2) is 30.3 Å². The van der Waals surface area contributed by atoms with Crippen molar-refractivity contribution in [3.05, 3.63) is 30.3 Å². The summed E-state index contributed by atoms with van der Waals surface area (Å²) in [4.78, 5) is 0. The van der Waals surface area contributed by atoms with E-state index in [2.05, 4.69) is 70.7 Å². The van der Waals surface area contributed by atoms with E-state index in [9.17, 15) is 10.2 Å². The smallest absolute Gasteiger partial charge is 0.0857 e. The van der Waals surface area contributed by atoms with E-state index in [0.29, 0.717) is 11.5 Å². The highest BCUT2D eigenvalue weighted by atomic mass is 29.3. The van der Waals surface area contributed by atoms with Crippen molar-refractivity contribution in [2.24, 2.45) is 11.8 Å². The Morgan fingerprint density at radius 2 is 1.64 bits per heavy atom. The Kier molecular flexibility index (Phi) is 5.07. The maximum absolute atomic E-state index is 10.6. The van der Waals surface area contributed by atoms with Gasteiger partial charge in [-0.2, -0.15) is 0 Å². The Labute approximate surface area is 137 Å². The third kappa shape index (κ3) is 2.75. The number of aliphatic hydroxyl groups is 2. The second-order valence-corrected chi connectivity index (χ2v) is 23.8. The van der Waals surface area contributed by atoms with Gasteiger partial charge in [0.1, 0.15) is 0 Å². The van der Waals surface area contributed by atoms with Gasteiger partial charge >= 0.3 is 0 Å². The van der Waals surface area contributed by atoms with Crippen LogP contribution in [0.4, 0.5) is 0 Å². The van der Waals surface area contributed by atoms with Crippen LogP contribution in [-0.4, -0.2) is 37.6 Å². The fraction of sp³-hybridized carbons (Fsp3) is 0.667. The van der Waals surface area contributed by atoms with E-state index in [0.717, 1.165) is 6.04 Å². The molecule has 4 heteroatoms. The summed E-state index contributed by atoms with van der Waals surface area (Å²) in [5.41, 5.74) is 0.528. The zero-order valence-electron chi connectivity index (χ0n) is 14.9. The van der Waals surface area contributed by atoms with Gasteiger partial charge in [0.05, 0.1) is 19.8 Å². The van der Waals surface area contributed by atoms with Crippen molar-refractivity contribution in [2.75, 3.05) is 0 Å². The third-order valence-corrected chi connectivity index (χ3v) is 23.9. The van der Waals surface area contributed by atoms with Gasteiger partial charge in [-0.3, -0.25) is 0 Å². The van der Waals surface area contributed by atoms with E-state index in [1.54, 1.807) is 0 Å². The van der Waals surface area contributed by atoms with Crippen LogP contribution >= 0.6 is 0 Å². The zero-order valence-corrected chi connectivity index (χ0v) is 16.9. The molecule has 1 fully saturated rings. The summed E-state index contributed by atoms with van der Waals surface area (Å²) in [5, 5.41) is 22.6. The first-order chi connectivity index (χ1) is 10.1. The van der Waals surface area contributed by atoms with Gasteiger partial charge in [0.2, 0.25) is 0 Å². The van der Waals surface area contributed by atoms with Gasteiger partial charge in [0, 0.05) is 7.59 Å². The van der Waals surface area contributed by atoms with E-state index in [4.69, 9.17) is 0 Å². The van der Waals surface area contributed by atoms with Crippen LogP contribution in [0.3, 0.4) is 0 Å². The highest BCUT2D eigenvalue weighted by molar-refractivity contribution is 7.46. The van der Waals surface area contributed by atoms with E-state index in [-0.39, 0.29) is 5.92 Å². The summed E-state index contributed by atoms with van der Waals surface area (Å²) in [6.07, 6.45) is -1.14. The third-order valence-electron chi connectivity index (χ3n) is 5.95. The number of rotatable bonds is 3. The van der Waals surface area contributed by atoms with Crippen LogP contribution in [0.1, 0.15) is 20.8 Å². The number of hydrogen-bond donors (Lipinski definition) is 2. The molecule has 2 nitrogen and oxygen atoms in total. The Balaban J connectivity index is 2.69. The van der Waals surface area contributed by atoms with Crippen LogP contribution < -0.4 is 5.19 Å². The normalized spacial score (nSPS) is 36.6. The fourth-order valence-electron chi connectivity index (χ4n) is 5.06. The average molecular weight is 337 g/mol. The monoisotopic (exact) mass is 336 g/mol. The molecule has 0 aliphatic carbocycles. The van der Waals surface area contributed by atoms with Gasteiger partial charge in [0.15, 0.2) is 0 Å². The van der Waals surface area contributed by atoms with Crippen LogP contribution in [0.5, 0.6) is 0 Å². The molecule has 1 aromatic rings. The van der Waals surface area contributed by atoms with Crippen molar-refractivity contribution in [3.8, 4) is 0 Å². The fourth-order valence-corrected chi connectivity index (χ4v) is 22.7. The maximum Gasteiger partial charge on any atom is 0.0857 e. The largest absolute Gasteiger partial charge is 0.391 e. The minimum Gasteiger partial charge on any atom is -0.391 e. The first-order valence-corrected chi connectivity index (χ1v) is 15.3. The molecule has 0 aromatic heterocycles. The molecular weight excluding hydrogens is 304 g/mol. The van der Waals surface area contributed by atoms with Crippen molar-refractivity contribution >= 4 is 20.4 Å². The molecular formula is C18H32O2Si2. The summed E-state index contributed by atoms with van der Waals surface area (Å²) in [6, 6.07) is 11.8. The minimum atomic E-state index is -1.89.